The molecule has 4 amide bonds. The number of nitrogens with one attached hydrogen (secondary N) is 4. The Balaban J connectivity index is 2.29. The molecule has 12 heteroatoms. The number of ether oxygens (including phenoxy) is 1. The van der Waals surface area contributed by atoms with Crippen LogP contribution in [0.1, 0.15) is 83.8 Å². The summed E-state index contributed by atoms with van der Waals surface area (Å²) in [6.45, 7) is -24.8. The van der Waals surface area contributed by atoms with E-state index < -0.39 is 119 Å². The van der Waals surface area contributed by atoms with Crippen LogP contribution in [0.15, 0.2) is 79.0 Å². The van der Waals surface area contributed by atoms with Crippen LogP contribution in [0.4, 0.5) is 4.79 Å². The number of alkyl carbamates (subject to hydrolysis) is 1. The van der Waals surface area contributed by atoms with Crippen LogP contribution in [0.25, 0.3) is 11.3 Å². The van der Waals surface area contributed by atoms with Crippen LogP contribution in [-0.2, 0) is 32.1 Å². The third kappa shape index (κ3) is 12.3. The molecule has 2 aromatic carbocycles. The van der Waals surface area contributed by atoms with Crippen molar-refractivity contribution < 1.29 is 53.7 Å². The second-order valence-corrected chi connectivity index (χ2v) is 11.5. The van der Waals surface area contributed by atoms with E-state index in [1.165, 1.54) is 24.3 Å². The topological polar surface area (TPSA) is 162 Å². The number of carbonyl (C=O) groups is 4. The van der Waals surface area contributed by atoms with E-state index in [2.05, 4.69) is 20.5 Å². The van der Waals surface area contributed by atoms with Crippen molar-refractivity contribution in [1.82, 2.24) is 31.4 Å². The Morgan fingerprint density at radius 2 is 1.44 bits per heavy atom. The summed E-state index contributed by atoms with van der Waals surface area (Å²) in [6.07, 6.45) is -2.54. The molecular formula is C38H52N6O6. The summed E-state index contributed by atoms with van der Waals surface area (Å²) in [5.41, 5.74) is -3.96. The number of hydrazine groups is 1. The number of methoxy groups -OCH3 is 1. The average Bonchev–Trinajstić information content (AvgIpc) is 3.17. The third-order valence-electron chi connectivity index (χ3n) is 7.24. The number of hydrogen-bond donors (Lipinski definition) is 5. The monoisotopic (exact) mass is 707 g/mol. The highest BCUT2D eigenvalue weighted by atomic mass is 16.5. The number of carbonyl (C=O) groups excluding carboxylic acids is 4. The minimum absolute atomic E-state index is 0.311. The second kappa shape index (κ2) is 17.7. The molecule has 0 radical (unpaired) electrons. The van der Waals surface area contributed by atoms with E-state index >= 15 is 0 Å². The molecule has 3 rings (SSSR count). The summed E-state index contributed by atoms with van der Waals surface area (Å²) >= 11 is 0. The Kier molecular flexibility index (Phi) is 7.36. The van der Waals surface area contributed by atoms with E-state index in [0.717, 1.165) is 19.0 Å². The van der Waals surface area contributed by atoms with Gasteiger partial charge in [-0.15, -0.1) is 0 Å². The first-order valence-electron chi connectivity index (χ1n) is 24.2. The summed E-state index contributed by atoms with van der Waals surface area (Å²) in [7, 11) is 0.762. The van der Waals surface area contributed by atoms with Crippen molar-refractivity contribution >= 4 is 23.8 Å². The quantitative estimate of drug-likeness (QED) is 0.157. The smallest absolute Gasteiger partial charge is 0.407 e. The average molecular weight is 707 g/mol. The molecule has 12 nitrogen and oxygen atoms in total. The maximum absolute atomic E-state index is 14.4. The van der Waals surface area contributed by atoms with Crippen LogP contribution < -0.4 is 21.4 Å². The molecule has 3 aromatic rings. The standard InChI is InChI=1S/C38H52N6O6/c1-25(45)40-33(38(5,6)7)35(48)43-44(23-27-17-19-28(20-18-27)29-16-12-13-21-39-29)24-31(46)30(22-26-14-10-9-11-15-26)41-34(47)32(37(2,3)4)42-36(49)50-8/h9-21,30-33,46H,22-24H2,1-8H3,(H,40,45)(H,41,47)(H,42,49)(H,43,48)/t30-,31-,32+,33+/m0/s1/i2D3,3D3,4D3,5D3,6D3,7D3. The molecule has 0 saturated heterocycles. The minimum Gasteiger partial charge on any atom is -0.453 e. The molecule has 50 heavy (non-hydrogen) atoms. The molecule has 0 saturated carbocycles. The largest absolute Gasteiger partial charge is 0.453 e. The lowest BCUT2D eigenvalue weighted by molar-refractivity contribution is -0.135. The number of rotatable bonds is 14. The SMILES string of the molecule is [2H]C([2H])([2H])C([C@H](NC(C)=O)C(=O)NN(Cc1ccc(-c2ccccn2)cc1)C[C@H](O)[C@H](Cc1ccccc1)NC(=O)[C@@H](NC(=O)OC)C(C([2H])([2H])[2H])(C([2H])([2H])[2H])C([2H])([2H])[2H])(C([2H])([2H])[2H])C([2H])([2H])[2H]. The second-order valence-electron chi connectivity index (χ2n) is 11.5. The van der Waals surface area contributed by atoms with Crippen LogP contribution in [-0.4, -0.2) is 76.8 Å². The Hall–Kier alpha value is -4.81. The van der Waals surface area contributed by atoms with E-state index in [0.29, 0.717) is 22.4 Å². The summed E-state index contributed by atoms with van der Waals surface area (Å²) < 4.78 is 152. The highest BCUT2D eigenvalue weighted by molar-refractivity contribution is 5.87. The Morgan fingerprint density at radius 1 is 0.820 bits per heavy atom. The zero-order chi connectivity index (χ0) is 52.1. The predicted octanol–water partition coefficient (Wildman–Crippen LogP) is 3.99. The molecule has 1 heterocycles. The molecule has 0 spiro atoms. The van der Waals surface area contributed by atoms with Crippen LogP contribution in [0.5, 0.6) is 0 Å². The molecule has 0 bridgehead atoms. The fourth-order valence-corrected chi connectivity index (χ4v) is 4.80. The lowest BCUT2D eigenvalue weighted by Gasteiger charge is -2.36. The molecule has 5 N–H and O–H groups in total. The molecule has 1 aromatic heterocycles. The first kappa shape index (κ1) is 20.8. The van der Waals surface area contributed by atoms with Gasteiger partial charge in [-0.1, -0.05) is 102 Å². The van der Waals surface area contributed by atoms with E-state index in [1.807, 2.05) is 5.32 Å². The molecule has 0 unspecified atom stereocenters. The van der Waals surface area contributed by atoms with Gasteiger partial charge in [0, 0.05) is 56.4 Å². The molecule has 4 atom stereocenters. The summed E-state index contributed by atoms with van der Waals surface area (Å²) in [6, 6.07) is 11.5. The zero-order valence-corrected chi connectivity index (χ0v) is 27.3. The van der Waals surface area contributed by atoms with Gasteiger partial charge < -0.3 is 25.8 Å². The number of amides is 4. The van der Waals surface area contributed by atoms with Crippen LogP contribution in [0.3, 0.4) is 0 Å². The lowest BCUT2D eigenvalue weighted by Crippen LogP contribution is -2.60. The number of benzene rings is 2. The van der Waals surface area contributed by atoms with Crippen molar-refractivity contribution in [3.8, 4) is 11.3 Å². The van der Waals surface area contributed by atoms with E-state index in [9.17, 15) is 24.3 Å². The van der Waals surface area contributed by atoms with Crippen molar-refractivity contribution in [3.63, 3.8) is 0 Å². The zero-order valence-electron chi connectivity index (χ0n) is 45.3. The van der Waals surface area contributed by atoms with Gasteiger partial charge >= 0.3 is 6.09 Å². The van der Waals surface area contributed by atoms with Crippen molar-refractivity contribution in [2.45, 2.75) is 85.2 Å². The normalized spacial score (nSPS) is 21.0. The number of pyridine rings is 1. The van der Waals surface area contributed by atoms with Crippen molar-refractivity contribution in [1.29, 1.82) is 0 Å². The van der Waals surface area contributed by atoms with Crippen LogP contribution in [0, 0.1) is 10.8 Å². The Morgan fingerprint density at radius 3 is 2.00 bits per heavy atom. The molecule has 0 aliphatic heterocycles. The van der Waals surface area contributed by atoms with Crippen LogP contribution >= 0.6 is 0 Å². The maximum atomic E-state index is 14.4. The highest BCUT2D eigenvalue weighted by Crippen LogP contribution is 2.22. The molecule has 270 valence electrons. The van der Waals surface area contributed by atoms with Gasteiger partial charge in [-0.25, -0.2) is 9.80 Å². The van der Waals surface area contributed by atoms with Gasteiger partial charge in [0.05, 0.1) is 24.9 Å². The van der Waals surface area contributed by atoms with Gasteiger partial charge in [0.2, 0.25) is 11.8 Å². The van der Waals surface area contributed by atoms with Crippen LogP contribution in [0.2, 0.25) is 0 Å². The van der Waals surface area contributed by atoms with E-state index in [4.69, 9.17) is 24.7 Å². The molecule has 0 aliphatic carbocycles. The summed E-state index contributed by atoms with van der Waals surface area (Å²) in [5, 5.41) is 18.8. The van der Waals surface area contributed by atoms with Gasteiger partial charge in [0.1, 0.15) is 12.1 Å². The maximum Gasteiger partial charge on any atom is 0.407 e. The number of nitrogens with zero attached hydrogens (tertiary/aromatic N) is 2. The fraction of sp³-hybridized carbons (Fsp3) is 0.447. The number of hydrogen-bond acceptors (Lipinski definition) is 8. The van der Waals surface area contributed by atoms with Crippen molar-refractivity contribution in [2.24, 2.45) is 10.8 Å². The Bertz CT molecular complexity index is 2110. The summed E-state index contributed by atoms with van der Waals surface area (Å²) in [4.78, 5) is 58.4. The van der Waals surface area contributed by atoms with Gasteiger partial charge in [-0.05, 0) is 40.5 Å². The number of aromatic nitrogens is 1. The fourth-order valence-electron chi connectivity index (χ4n) is 4.80. The molecule has 0 aliphatic rings. The van der Waals surface area contributed by atoms with Gasteiger partial charge in [-0.3, -0.25) is 24.8 Å². The van der Waals surface area contributed by atoms with E-state index in [-0.39, 0.29) is 0 Å². The van der Waals surface area contributed by atoms with E-state index in [1.54, 1.807) is 60.0 Å². The number of aliphatic hydroxyl groups is 1. The lowest BCUT2D eigenvalue weighted by atomic mass is 9.85. The molecule has 0 fully saturated rings. The van der Waals surface area contributed by atoms with Gasteiger partial charge in [0.15, 0.2) is 0 Å². The number of aliphatic hydroxyl groups excluding tert-OH is 1. The first-order valence-corrected chi connectivity index (χ1v) is 15.2. The minimum atomic E-state index is -4.05. The first-order chi connectivity index (χ1) is 31.0. The van der Waals surface area contributed by atoms with Gasteiger partial charge in [0.25, 0.3) is 5.91 Å². The van der Waals surface area contributed by atoms with Crippen molar-refractivity contribution in [2.75, 3.05) is 13.7 Å². The third-order valence-corrected chi connectivity index (χ3v) is 7.24. The molecular weight excluding hydrogens is 636 g/mol. The summed E-state index contributed by atoms with van der Waals surface area (Å²) in [5.74, 6) is -4.67. The Labute approximate surface area is 320 Å². The van der Waals surface area contributed by atoms with Crippen molar-refractivity contribution in [3.05, 3.63) is 90.1 Å². The predicted molar refractivity (Wildman–Crippen MR) is 192 cm³/mol. The van der Waals surface area contributed by atoms with Gasteiger partial charge in [-0.2, -0.15) is 0 Å². The highest BCUT2D eigenvalue weighted by Gasteiger charge is 2.37.